The Bertz CT molecular complexity index is 768. The normalized spacial score (nSPS) is 10.6. The molecule has 8 nitrogen and oxygen atoms in total. The minimum absolute atomic E-state index is 0.0800. The Hall–Kier alpha value is -2.77. The summed E-state index contributed by atoms with van der Waals surface area (Å²) in [7, 11) is 1.76. The predicted octanol–water partition coefficient (Wildman–Crippen LogP) is -0.183. The van der Waals surface area contributed by atoms with Gasteiger partial charge < -0.3 is 25.8 Å². The molecule has 0 radical (unpaired) electrons. The van der Waals surface area contributed by atoms with Crippen LogP contribution >= 0.6 is 0 Å². The lowest BCUT2D eigenvalue weighted by Crippen LogP contribution is -2.23. The second kappa shape index (κ2) is 5.70. The third-order valence-corrected chi connectivity index (χ3v) is 3.09. The van der Waals surface area contributed by atoms with E-state index in [1.165, 1.54) is 6.07 Å². The van der Waals surface area contributed by atoms with Crippen LogP contribution in [0.3, 0.4) is 0 Å². The lowest BCUT2D eigenvalue weighted by atomic mass is 10.2. The highest BCUT2D eigenvalue weighted by Gasteiger charge is 2.22. The fraction of sp³-hybridized carbons (Fsp3) is 0.308. The Morgan fingerprint density at radius 3 is 2.76 bits per heavy atom. The van der Waals surface area contributed by atoms with Crippen molar-refractivity contribution in [2.45, 2.75) is 13.5 Å². The Kier molecular flexibility index (Phi) is 3.97. The van der Waals surface area contributed by atoms with Crippen molar-refractivity contribution >= 4 is 23.0 Å². The number of fused-ring (bicyclic) bond motifs is 1. The van der Waals surface area contributed by atoms with Gasteiger partial charge in [0.15, 0.2) is 5.96 Å². The number of aryl methyl sites for hydroxylation is 1. The molecule has 0 unspecified atom stereocenters. The van der Waals surface area contributed by atoms with Gasteiger partial charge >= 0.3 is 5.97 Å². The SMILES string of the molecule is CCOC(=O)c1c(CN=C(N)N)n(C)c2ccc(=O)[nH]c12. The van der Waals surface area contributed by atoms with Crippen molar-refractivity contribution in [3.8, 4) is 0 Å². The first-order valence-corrected chi connectivity index (χ1v) is 6.38. The summed E-state index contributed by atoms with van der Waals surface area (Å²) in [6.45, 7) is 2.05. The summed E-state index contributed by atoms with van der Waals surface area (Å²) in [4.78, 5) is 30.3. The van der Waals surface area contributed by atoms with E-state index in [9.17, 15) is 9.59 Å². The fourth-order valence-corrected chi connectivity index (χ4v) is 2.17. The minimum Gasteiger partial charge on any atom is -0.462 e. The molecule has 2 heterocycles. The van der Waals surface area contributed by atoms with E-state index >= 15 is 0 Å². The number of aliphatic imine (C=N–C) groups is 1. The van der Waals surface area contributed by atoms with Crippen LogP contribution in [0.1, 0.15) is 23.0 Å². The van der Waals surface area contributed by atoms with Crippen LogP contribution in [0, 0.1) is 0 Å². The van der Waals surface area contributed by atoms with Gasteiger partial charge in [0.25, 0.3) is 0 Å². The Morgan fingerprint density at radius 1 is 1.43 bits per heavy atom. The smallest absolute Gasteiger partial charge is 0.342 e. The monoisotopic (exact) mass is 291 g/mol. The molecule has 112 valence electrons. The van der Waals surface area contributed by atoms with Crippen molar-refractivity contribution in [2.75, 3.05) is 6.61 Å². The van der Waals surface area contributed by atoms with Crippen LogP contribution in [-0.2, 0) is 18.3 Å². The molecule has 5 N–H and O–H groups in total. The van der Waals surface area contributed by atoms with Crippen LogP contribution < -0.4 is 17.0 Å². The highest BCUT2D eigenvalue weighted by Crippen LogP contribution is 2.24. The maximum Gasteiger partial charge on any atom is 0.342 e. The number of nitrogens with one attached hydrogen (secondary N) is 1. The van der Waals surface area contributed by atoms with Crippen molar-refractivity contribution in [3.63, 3.8) is 0 Å². The number of nitrogens with two attached hydrogens (primary N) is 2. The van der Waals surface area contributed by atoms with Crippen molar-refractivity contribution in [2.24, 2.45) is 23.5 Å². The number of guanidine groups is 1. The standard InChI is InChI=1S/C13H17N5O3/c1-3-21-12(20)10-8(6-16-13(14)15)18(2)7-4-5-9(19)17-11(7)10/h4-5H,3,6H2,1-2H3,(H,17,19)(H4,14,15,16). The highest BCUT2D eigenvalue weighted by molar-refractivity contribution is 6.04. The molecule has 0 aromatic carbocycles. The zero-order valence-electron chi connectivity index (χ0n) is 11.8. The van der Waals surface area contributed by atoms with Crippen LogP contribution in [0.4, 0.5) is 0 Å². The van der Waals surface area contributed by atoms with Crippen LogP contribution in [0.25, 0.3) is 11.0 Å². The summed E-state index contributed by atoms with van der Waals surface area (Å²) < 4.78 is 6.81. The molecule has 0 bridgehead atoms. The molecular formula is C13H17N5O3. The number of hydrogen-bond acceptors (Lipinski definition) is 4. The van der Waals surface area contributed by atoms with E-state index in [4.69, 9.17) is 16.2 Å². The molecule has 8 heteroatoms. The first kappa shape index (κ1) is 14.6. The maximum absolute atomic E-state index is 12.2. The number of pyridine rings is 1. The third kappa shape index (κ3) is 2.73. The van der Waals surface area contributed by atoms with E-state index in [-0.39, 0.29) is 30.2 Å². The third-order valence-electron chi connectivity index (χ3n) is 3.09. The van der Waals surface area contributed by atoms with Crippen LogP contribution in [0.15, 0.2) is 21.9 Å². The molecule has 0 atom stereocenters. The van der Waals surface area contributed by atoms with Gasteiger partial charge in [0.1, 0.15) is 5.56 Å². The number of ether oxygens (including phenoxy) is 1. The molecule has 2 aromatic rings. The number of hydrogen-bond donors (Lipinski definition) is 3. The number of aromatic nitrogens is 2. The number of H-pyrrole nitrogens is 1. The molecule has 0 amide bonds. The Balaban J connectivity index is 2.72. The summed E-state index contributed by atoms with van der Waals surface area (Å²) in [6, 6.07) is 3.03. The van der Waals surface area contributed by atoms with Crippen molar-refractivity contribution in [1.82, 2.24) is 9.55 Å². The van der Waals surface area contributed by atoms with Crippen molar-refractivity contribution < 1.29 is 9.53 Å². The van der Waals surface area contributed by atoms with Crippen LogP contribution in [0.5, 0.6) is 0 Å². The summed E-state index contributed by atoms with van der Waals surface area (Å²) in [5.41, 5.74) is 12.3. The number of rotatable bonds is 4. The van der Waals surface area contributed by atoms with Gasteiger partial charge in [0, 0.05) is 13.1 Å². The zero-order valence-corrected chi connectivity index (χ0v) is 11.8. The van der Waals surface area contributed by atoms with Gasteiger partial charge in [-0.3, -0.25) is 4.79 Å². The number of nitrogens with zero attached hydrogens (tertiary/aromatic N) is 2. The number of carbonyl (C=O) groups excluding carboxylic acids is 1. The predicted molar refractivity (Wildman–Crippen MR) is 79.0 cm³/mol. The van der Waals surface area contributed by atoms with Gasteiger partial charge in [-0.2, -0.15) is 0 Å². The van der Waals surface area contributed by atoms with Crippen LogP contribution in [0.2, 0.25) is 0 Å². The zero-order chi connectivity index (χ0) is 15.6. The first-order valence-electron chi connectivity index (χ1n) is 6.38. The fourth-order valence-electron chi connectivity index (χ4n) is 2.17. The lowest BCUT2D eigenvalue weighted by Gasteiger charge is -2.05. The molecule has 0 fully saturated rings. The average molecular weight is 291 g/mol. The van der Waals surface area contributed by atoms with E-state index in [1.54, 1.807) is 24.6 Å². The van der Waals surface area contributed by atoms with E-state index in [1.807, 2.05) is 0 Å². The summed E-state index contributed by atoms with van der Waals surface area (Å²) in [5, 5.41) is 0. The van der Waals surface area contributed by atoms with Gasteiger partial charge in [-0.25, -0.2) is 9.79 Å². The molecule has 0 aliphatic carbocycles. The highest BCUT2D eigenvalue weighted by atomic mass is 16.5. The van der Waals surface area contributed by atoms with E-state index in [0.717, 1.165) is 0 Å². The molecule has 21 heavy (non-hydrogen) atoms. The summed E-state index contributed by atoms with van der Waals surface area (Å²) in [5.74, 6) is -0.602. The maximum atomic E-state index is 12.2. The van der Waals surface area contributed by atoms with Gasteiger partial charge in [-0.1, -0.05) is 0 Å². The van der Waals surface area contributed by atoms with E-state index in [0.29, 0.717) is 16.7 Å². The van der Waals surface area contributed by atoms with Gasteiger partial charge in [-0.15, -0.1) is 0 Å². The number of aromatic amines is 1. The molecule has 0 aliphatic heterocycles. The molecule has 0 saturated carbocycles. The second-order valence-corrected chi connectivity index (χ2v) is 4.43. The Labute approximate surface area is 120 Å². The molecular weight excluding hydrogens is 274 g/mol. The quantitative estimate of drug-likeness (QED) is 0.409. The molecule has 2 rings (SSSR count). The Morgan fingerprint density at radius 2 is 2.14 bits per heavy atom. The van der Waals surface area contributed by atoms with Gasteiger partial charge in [0.2, 0.25) is 5.56 Å². The average Bonchev–Trinajstić information content (AvgIpc) is 2.69. The summed E-state index contributed by atoms with van der Waals surface area (Å²) in [6.07, 6.45) is 0. The van der Waals surface area contributed by atoms with Crippen molar-refractivity contribution in [1.29, 1.82) is 0 Å². The largest absolute Gasteiger partial charge is 0.462 e. The number of carbonyl (C=O) groups is 1. The molecule has 0 spiro atoms. The van der Waals surface area contributed by atoms with E-state index in [2.05, 4.69) is 9.98 Å². The molecule has 0 aliphatic rings. The number of esters is 1. The minimum atomic E-state index is -0.522. The second-order valence-electron chi connectivity index (χ2n) is 4.43. The first-order chi connectivity index (χ1) is 9.95. The molecule has 0 saturated heterocycles. The summed E-state index contributed by atoms with van der Waals surface area (Å²) >= 11 is 0. The lowest BCUT2D eigenvalue weighted by molar-refractivity contribution is 0.0527. The topological polar surface area (TPSA) is 128 Å². The van der Waals surface area contributed by atoms with Crippen LogP contribution in [-0.4, -0.2) is 28.1 Å². The van der Waals surface area contributed by atoms with E-state index < -0.39 is 5.97 Å². The van der Waals surface area contributed by atoms with Gasteiger partial charge in [0.05, 0.1) is 29.9 Å². The van der Waals surface area contributed by atoms with Crippen molar-refractivity contribution in [3.05, 3.63) is 33.7 Å². The molecule has 2 aromatic heterocycles. The van der Waals surface area contributed by atoms with Gasteiger partial charge in [-0.05, 0) is 13.0 Å².